The molecule has 0 saturated heterocycles. The van der Waals surface area contributed by atoms with Crippen LogP contribution >= 0.6 is 0 Å². The van der Waals surface area contributed by atoms with Crippen molar-refractivity contribution in [3.8, 4) is 0 Å². The number of hydrogen-bond donors (Lipinski definition) is 1. The fraction of sp³-hybridized carbons (Fsp3) is 1.00. The van der Waals surface area contributed by atoms with Gasteiger partial charge in [0.1, 0.15) is 0 Å². The highest BCUT2D eigenvalue weighted by Gasteiger charge is 2.16. The molecule has 2 nitrogen and oxygen atoms in total. The molecular weight excluding hydrogens is 176 g/mol. The molecule has 0 unspecified atom stereocenters. The van der Waals surface area contributed by atoms with Gasteiger partial charge in [0, 0.05) is 13.2 Å². The average molecular weight is 202 g/mol. The van der Waals surface area contributed by atoms with Gasteiger partial charge in [-0.2, -0.15) is 0 Å². The highest BCUT2D eigenvalue weighted by atomic mass is 16.5. The summed E-state index contributed by atoms with van der Waals surface area (Å²) in [4.78, 5) is 0. The van der Waals surface area contributed by atoms with E-state index in [0.29, 0.717) is 0 Å². The normalized spacial score (nSPS) is 12.4. The van der Waals surface area contributed by atoms with Crippen molar-refractivity contribution in [2.24, 2.45) is 5.92 Å². The van der Waals surface area contributed by atoms with Gasteiger partial charge in [0.05, 0.1) is 5.60 Å². The van der Waals surface area contributed by atoms with Gasteiger partial charge >= 0.3 is 0 Å². The van der Waals surface area contributed by atoms with E-state index in [1.165, 1.54) is 6.42 Å². The van der Waals surface area contributed by atoms with Crippen LogP contribution in [-0.4, -0.2) is 23.9 Å². The van der Waals surface area contributed by atoms with E-state index in [1.54, 1.807) is 0 Å². The Morgan fingerprint density at radius 1 is 1.21 bits per heavy atom. The molecule has 0 rings (SSSR count). The summed E-state index contributed by atoms with van der Waals surface area (Å²) < 4.78 is 5.77. The second-order valence-electron chi connectivity index (χ2n) is 4.97. The van der Waals surface area contributed by atoms with Gasteiger partial charge in [0.25, 0.3) is 0 Å². The quantitative estimate of drug-likeness (QED) is 0.613. The van der Waals surface area contributed by atoms with Gasteiger partial charge in [-0.15, -0.1) is 0 Å². The van der Waals surface area contributed by atoms with Crippen molar-refractivity contribution in [3.63, 3.8) is 0 Å². The minimum absolute atomic E-state index is 0.0697. The summed E-state index contributed by atoms with van der Waals surface area (Å²) in [5.74, 6) is 0.763. The summed E-state index contributed by atoms with van der Waals surface area (Å²) in [6, 6.07) is 0. The first-order valence-electron chi connectivity index (χ1n) is 5.73. The molecule has 0 aromatic heterocycles. The molecule has 0 atom stereocenters. The summed E-state index contributed by atoms with van der Waals surface area (Å²) in [5, 5.41) is 8.72. The van der Waals surface area contributed by atoms with Crippen LogP contribution in [0.5, 0.6) is 0 Å². The maximum atomic E-state index is 8.72. The first kappa shape index (κ1) is 13.9. The Balaban J connectivity index is 3.44. The molecule has 0 amide bonds. The molecule has 0 fully saturated rings. The van der Waals surface area contributed by atoms with Crippen LogP contribution in [0.15, 0.2) is 0 Å². The molecule has 0 aliphatic heterocycles. The topological polar surface area (TPSA) is 29.5 Å². The zero-order valence-electron chi connectivity index (χ0n) is 10.2. The maximum absolute atomic E-state index is 8.72. The van der Waals surface area contributed by atoms with E-state index >= 15 is 0 Å². The van der Waals surface area contributed by atoms with Crippen molar-refractivity contribution >= 4 is 0 Å². The van der Waals surface area contributed by atoms with Gasteiger partial charge in [-0.1, -0.05) is 13.8 Å². The second-order valence-corrected chi connectivity index (χ2v) is 4.97. The SMILES string of the molecule is CC(C)CCCOC(C)(C)CCCO. The zero-order valence-corrected chi connectivity index (χ0v) is 10.2. The van der Waals surface area contributed by atoms with Crippen LogP contribution in [0.2, 0.25) is 0 Å². The molecule has 0 saturated carbocycles. The summed E-state index contributed by atoms with van der Waals surface area (Å²) in [6.45, 7) is 9.76. The lowest BCUT2D eigenvalue weighted by Gasteiger charge is -2.25. The molecule has 0 bridgehead atoms. The predicted octanol–water partition coefficient (Wildman–Crippen LogP) is 2.99. The van der Waals surface area contributed by atoms with Crippen LogP contribution in [-0.2, 0) is 4.74 Å². The van der Waals surface area contributed by atoms with Crippen molar-refractivity contribution < 1.29 is 9.84 Å². The van der Waals surface area contributed by atoms with E-state index in [2.05, 4.69) is 27.7 Å². The summed E-state index contributed by atoms with van der Waals surface area (Å²) in [5.41, 5.74) is -0.0697. The molecule has 14 heavy (non-hydrogen) atoms. The molecule has 0 spiro atoms. The monoisotopic (exact) mass is 202 g/mol. The number of aliphatic hydroxyl groups excluding tert-OH is 1. The van der Waals surface area contributed by atoms with E-state index in [0.717, 1.165) is 31.8 Å². The lowest BCUT2D eigenvalue weighted by atomic mass is 10.0. The number of rotatable bonds is 8. The smallest absolute Gasteiger partial charge is 0.0627 e. The van der Waals surface area contributed by atoms with E-state index in [-0.39, 0.29) is 12.2 Å². The van der Waals surface area contributed by atoms with Crippen LogP contribution < -0.4 is 0 Å². The molecule has 2 heteroatoms. The Hall–Kier alpha value is -0.0800. The molecule has 1 N–H and O–H groups in total. The van der Waals surface area contributed by atoms with Gasteiger partial charge in [-0.3, -0.25) is 0 Å². The van der Waals surface area contributed by atoms with Crippen LogP contribution in [0.3, 0.4) is 0 Å². The Labute approximate surface area is 88.7 Å². The second kappa shape index (κ2) is 7.24. The Bertz CT molecular complexity index is 130. The van der Waals surface area contributed by atoms with Gasteiger partial charge < -0.3 is 9.84 Å². The maximum Gasteiger partial charge on any atom is 0.0627 e. The Kier molecular flexibility index (Phi) is 7.20. The lowest BCUT2D eigenvalue weighted by Crippen LogP contribution is -2.25. The largest absolute Gasteiger partial charge is 0.396 e. The molecule has 86 valence electrons. The molecule has 0 aliphatic carbocycles. The van der Waals surface area contributed by atoms with Gasteiger partial charge in [0.15, 0.2) is 0 Å². The molecular formula is C12H26O2. The molecule has 0 heterocycles. The van der Waals surface area contributed by atoms with Crippen LogP contribution in [0.1, 0.15) is 53.4 Å². The first-order valence-corrected chi connectivity index (χ1v) is 5.73. The van der Waals surface area contributed by atoms with Crippen LogP contribution in [0, 0.1) is 5.92 Å². The zero-order chi connectivity index (χ0) is 11.0. The summed E-state index contributed by atoms with van der Waals surface area (Å²) >= 11 is 0. The van der Waals surface area contributed by atoms with Crippen LogP contribution in [0.25, 0.3) is 0 Å². The van der Waals surface area contributed by atoms with E-state index in [1.807, 2.05) is 0 Å². The molecule has 0 aromatic rings. The van der Waals surface area contributed by atoms with Crippen molar-refractivity contribution in [1.29, 1.82) is 0 Å². The molecule has 0 radical (unpaired) electrons. The fourth-order valence-electron chi connectivity index (χ4n) is 1.42. The van der Waals surface area contributed by atoms with Crippen molar-refractivity contribution in [3.05, 3.63) is 0 Å². The fourth-order valence-corrected chi connectivity index (χ4v) is 1.42. The Morgan fingerprint density at radius 3 is 2.36 bits per heavy atom. The van der Waals surface area contributed by atoms with Gasteiger partial charge in [-0.25, -0.2) is 0 Å². The lowest BCUT2D eigenvalue weighted by molar-refractivity contribution is -0.0292. The highest BCUT2D eigenvalue weighted by Crippen LogP contribution is 2.17. The van der Waals surface area contributed by atoms with Crippen molar-refractivity contribution in [2.75, 3.05) is 13.2 Å². The summed E-state index contributed by atoms with van der Waals surface area (Å²) in [7, 11) is 0. The minimum atomic E-state index is -0.0697. The van der Waals surface area contributed by atoms with Gasteiger partial charge in [-0.05, 0) is 45.4 Å². The van der Waals surface area contributed by atoms with Crippen LogP contribution in [0.4, 0.5) is 0 Å². The predicted molar refractivity (Wildman–Crippen MR) is 60.4 cm³/mol. The van der Waals surface area contributed by atoms with Gasteiger partial charge in [0.2, 0.25) is 0 Å². The number of ether oxygens (including phenoxy) is 1. The van der Waals surface area contributed by atoms with E-state index in [9.17, 15) is 0 Å². The number of hydrogen-bond acceptors (Lipinski definition) is 2. The van der Waals surface area contributed by atoms with E-state index < -0.39 is 0 Å². The minimum Gasteiger partial charge on any atom is -0.396 e. The molecule has 0 aliphatic rings. The molecule has 0 aromatic carbocycles. The third-order valence-corrected chi connectivity index (χ3v) is 2.36. The van der Waals surface area contributed by atoms with E-state index in [4.69, 9.17) is 9.84 Å². The third kappa shape index (κ3) is 8.52. The number of aliphatic hydroxyl groups is 1. The Morgan fingerprint density at radius 2 is 1.86 bits per heavy atom. The highest BCUT2D eigenvalue weighted by molar-refractivity contribution is 4.68. The first-order chi connectivity index (χ1) is 6.48. The summed E-state index contributed by atoms with van der Waals surface area (Å²) in [6.07, 6.45) is 4.14. The van der Waals surface area contributed by atoms with Crippen molar-refractivity contribution in [2.45, 2.75) is 59.0 Å². The third-order valence-electron chi connectivity index (χ3n) is 2.36. The average Bonchev–Trinajstić information content (AvgIpc) is 2.09. The van der Waals surface area contributed by atoms with Crippen molar-refractivity contribution in [1.82, 2.24) is 0 Å². The standard InChI is InChI=1S/C12H26O2/c1-11(2)7-5-10-14-12(3,4)8-6-9-13/h11,13H,5-10H2,1-4H3.